The molecule has 0 radical (unpaired) electrons. The van der Waals surface area contributed by atoms with E-state index in [2.05, 4.69) is 40.1 Å². The molecule has 1 heterocycles. The summed E-state index contributed by atoms with van der Waals surface area (Å²) in [6.07, 6.45) is 8.25. The second-order valence-electron chi connectivity index (χ2n) is 6.39. The predicted molar refractivity (Wildman–Crippen MR) is 98.2 cm³/mol. The first-order valence-electron chi connectivity index (χ1n) is 8.54. The molecule has 1 saturated carbocycles. The van der Waals surface area contributed by atoms with Gasteiger partial charge < -0.3 is 4.74 Å². The number of nitrogens with one attached hydrogen (secondary N) is 1. The molecule has 4 heteroatoms. The van der Waals surface area contributed by atoms with Crippen LogP contribution in [-0.2, 0) is 0 Å². The molecule has 1 aromatic heterocycles. The molecule has 0 atom stereocenters. The van der Waals surface area contributed by atoms with Crippen LogP contribution in [-0.4, -0.2) is 23.0 Å². The van der Waals surface area contributed by atoms with Crippen molar-refractivity contribution in [2.75, 3.05) is 0 Å². The highest BCUT2D eigenvalue weighted by atomic mass is 16.5. The third kappa shape index (κ3) is 2.92. The number of fused-ring (bicyclic) bond motifs is 1. The van der Waals surface area contributed by atoms with Crippen LogP contribution in [0.1, 0.15) is 32.1 Å². The van der Waals surface area contributed by atoms with E-state index in [1.807, 2.05) is 24.4 Å². The topological polar surface area (TPSA) is 50.3 Å². The van der Waals surface area contributed by atoms with Crippen LogP contribution >= 0.6 is 0 Å². The minimum Gasteiger partial charge on any atom is -0.488 e. The number of aliphatic imine (C=N–C) groups is 1. The molecule has 0 spiro atoms. The first-order chi connectivity index (χ1) is 11.8. The summed E-state index contributed by atoms with van der Waals surface area (Å²) in [5.41, 5.74) is 4.10. The van der Waals surface area contributed by atoms with E-state index in [-0.39, 0.29) is 0 Å². The highest BCUT2D eigenvalue weighted by Crippen LogP contribution is 2.35. The van der Waals surface area contributed by atoms with Crippen LogP contribution in [0.15, 0.2) is 47.6 Å². The van der Waals surface area contributed by atoms with Crippen molar-refractivity contribution in [3.05, 3.63) is 42.6 Å². The summed E-state index contributed by atoms with van der Waals surface area (Å²) in [5.74, 6) is 0.838. The van der Waals surface area contributed by atoms with Gasteiger partial charge in [0, 0.05) is 5.39 Å². The lowest BCUT2D eigenvalue weighted by molar-refractivity contribution is 0.156. The van der Waals surface area contributed by atoms with Crippen molar-refractivity contribution in [1.82, 2.24) is 10.2 Å². The molecule has 2 aromatic carbocycles. The molecule has 1 aliphatic carbocycles. The van der Waals surface area contributed by atoms with Gasteiger partial charge in [0.2, 0.25) is 0 Å². The fourth-order valence-corrected chi connectivity index (χ4v) is 3.40. The van der Waals surface area contributed by atoms with Crippen LogP contribution in [0, 0.1) is 0 Å². The van der Waals surface area contributed by atoms with Crippen molar-refractivity contribution in [3.63, 3.8) is 0 Å². The molecule has 0 bridgehead atoms. The van der Waals surface area contributed by atoms with Crippen LogP contribution in [0.3, 0.4) is 0 Å². The Morgan fingerprint density at radius 3 is 2.67 bits per heavy atom. The fourth-order valence-electron chi connectivity index (χ4n) is 3.40. The van der Waals surface area contributed by atoms with E-state index in [0.29, 0.717) is 6.10 Å². The third-order valence-electron chi connectivity index (χ3n) is 4.75. The average molecular weight is 319 g/mol. The lowest BCUT2D eigenvalue weighted by Crippen LogP contribution is -2.19. The molecule has 1 N–H and O–H groups in total. The molecule has 0 saturated heterocycles. The molecule has 1 fully saturated rings. The van der Waals surface area contributed by atoms with Crippen molar-refractivity contribution in [2.45, 2.75) is 38.2 Å². The Morgan fingerprint density at radius 1 is 1.04 bits per heavy atom. The maximum atomic E-state index is 6.18. The number of rotatable bonds is 4. The highest BCUT2D eigenvalue weighted by molar-refractivity contribution is 5.84. The number of benzene rings is 2. The van der Waals surface area contributed by atoms with E-state index in [1.54, 1.807) is 0 Å². The molecule has 0 unspecified atom stereocenters. The smallest absolute Gasteiger partial charge is 0.145 e. The monoisotopic (exact) mass is 319 g/mol. The number of nitrogens with zero attached hydrogens (tertiary/aromatic N) is 2. The van der Waals surface area contributed by atoms with Crippen molar-refractivity contribution >= 4 is 23.3 Å². The van der Waals surface area contributed by atoms with Crippen LogP contribution < -0.4 is 4.74 Å². The number of aromatic amines is 1. The summed E-state index contributed by atoms with van der Waals surface area (Å²) in [6.45, 7) is 3.72. The van der Waals surface area contributed by atoms with Gasteiger partial charge in [-0.05, 0) is 67.8 Å². The van der Waals surface area contributed by atoms with Crippen molar-refractivity contribution in [3.8, 4) is 16.9 Å². The SMILES string of the molecule is C=Nc1cc(-c2ccc3[nH]ncc3c2)ccc1OC1CCCCC1. The van der Waals surface area contributed by atoms with Crippen LogP contribution in [0.25, 0.3) is 22.0 Å². The molecule has 4 rings (SSSR count). The Kier molecular flexibility index (Phi) is 4.03. The van der Waals surface area contributed by atoms with Gasteiger partial charge in [-0.1, -0.05) is 18.6 Å². The van der Waals surface area contributed by atoms with Crippen LogP contribution in [0.5, 0.6) is 5.75 Å². The van der Waals surface area contributed by atoms with Gasteiger partial charge in [0.1, 0.15) is 11.4 Å². The van der Waals surface area contributed by atoms with E-state index >= 15 is 0 Å². The van der Waals surface area contributed by atoms with Gasteiger partial charge >= 0.3 is 0 Å². The largest absolute Gasteiger partial charge is 0.488 e. The summed E-state index contributed by atoms with van der Waals surface area (Å²) >= 11 is 0. The van der Waals surface area contributed by atoms with Gasteiger partial charge in [0.15, 0.2) is 0 Å². The van der Waals surface area contributed by atoms with Gasteiger partial charge in [-0.25, -0.2) is 0 Å². The van der Waals surface area contributed by atoms with Crippen molar-refractivity contribution < 1.29 is 4.74 Å². The summed E-state index contributed by atoms with van der Waals surface area (Å²) < 4.78 is 6.18. The zero-order valence-electron chi connectivity index (χ0n) is 13.7. The molecule has 122 valence electrons. The second kappa shape index (κ2) is 6.48. The molecule has 24 heavy (non-hydrogen) atoms. The van der Waals surface area contributed by atoms with Gasteiger partial charge in [-0.15, -0.1) is 0 Å². The second-order valence-corrected chi connectivity index (χ2v) is 6.39. The van der Waals surface area contributed by atoms with E-state index in [0.717, 1.165) is 46.3 Å². The Hall–Kier alpha value is -2.62. The molecular formula is C20H21N3O. The maximum absolute atomic E-state index is 6.18. The van der Waals surface area contributed by atoms with E-state index in [9.17, 15) is 0 Å². The molecule has 4 nitrogen and oxygen atoms in total. The number of hydrogen-bond acceptors (Lipinski definition) is 3. The minimum absolute atomic E-state index is 0.312. The predicted octanol–water partition coefficient (Wildman–Crippen LogP) is 5.27. The van der Waals surface area contributed by atoms with E-state index in [4.69, 9.17) is 4.74 Å². The Bertz CT molecular complexity index is 862. The molecule has 0 aliphatic heterocycles. The molecule has 1 aliphatic rings. The Balaban J connectivity index is 1.63. The number of ether oxygens (including phenoxy) is 1. The Morgan fingerprint density at radius 2 is 1.83 bits per heavy atom. The number of H-pyrrole nitrogens is 1. The van der Waals surface area contributed by atoms with Gasteiger partial charge in [0.25, 0.3) is 0 Å². The maximum Gasteiger partial charge on any atom is 0.145 e. The Labute approximate surface area is 141 Å². The quantitative estimate of drug-likeness (QED) is 0.666. The first-order valence-corrected chi connectivity index (χ1v) is 8.54. The average Bonchev–Trinajstić information content (AvgIpc) is 3.10. The lowest BCUT2D eigenvalue weighted by atomic mass is 9.97. The van der Waals surface area contributed by atoms with Gasteiger partial charge in [-0.2, -0.15) is 5.10 Å². The van der Waals surface area contributed by atoms with Crippen LogP contribution in [0.4, 0.5) is 5.69 Å². The molecule has 3 aromatic rings. The van der Waals surface area contributed by atoms with Crippen LogP contribution in [0.2, 0.25) is 0 Å². The molecular weight excluding hydrogens is 298 g/mol. The van der Waals surface area contributed by atoms with E-state index < -0.39 is 0 Å². The van der Waals surface area contributed by atoms with Crippen molar-refractivity contribution in [2.24, 2.45) is 4.99 Å². The third-order valence-corrected chi connectivity index (χ3v) is 4.75. The van der Waals surface area contributed by atoms with Crippen molar-refractivity contribution in [1.29, 1.82) is 0 Å². The van der Waals surface area contributed by atoms with E-state index in [1.165, 1.54) is 19.3 Å². The number of hydrogen-bond donors (Lipinski definition) is 1. The summed E-state index contributed by atoms with van der Waals surface area (Å²) in [6, 6.07) is 12.4. The summed E-state index contributed by atoms with van der Waals surface area (Å²) in [5, 5.41) is 8.15. The fraction of sp³-hybridized carbons (Fsp3) is 0.300. The standard InChI is InChI=1S/C20H21N3O/c1-21-19-12-15(14-7-9-18-16(11-14)13-22-23-18)8-10-20(19)24-17-5-3-2-4-6-17/h7-13,17H,1-6H2,(H,22,23). The summed E-state index contributed by atoms with van der Waals surface area (Å²) in [4.78, 5) is 4.18. The number of aromatic nitrogens is 2. The van der Waals surface area contributed by atoms with Gasteiger partial charge in [-0.3, -0.25) is 10.1 Å². The zero-order valence-corrected chi connectivity index (χ0v) is 13.7. The van der Waals surface area contributed by atoms with Gasteiger partial charge in [0.05, 0.1) is 17.8 Å². The normalized spacial score (nSPS) is 15.5. The summed E-state index contributed by atoms with van der Waals surface area (Å²) in [7, 11) is 0. The lowest BCUT2D eigenvalue weighted by Gasteiger charge is -2.23. The first kappa shape index (κ1) is 14.9. The minimum atomic E-state index is 0.312. The zero-order chi connectivity index (χ0) is 16.4. The molecule has 0 amide bonds. The highest BCUT2D eigenvalue weighted by Gasteiger charge is 2.16.